The Balaban J connectivity index is 0.00000117. The van der Waals surface area contributed by atoms with Crippen LogP contribution in [0.15, 0.2) is 44.7 Å². The summed E-state index contributed by atoms with van der Waals surface area (Å²) in [5.74, 6) is 1.54. The maximum atomic E-state index is 13.0. The molecule has 0 radical (unpaired) electrons. The van der Waals surface area contributed by atoms with Crippen LogP contribution in [-0.4, -0.2) is 29.1 Å². The highest BCUT2D eigenvalue weighted by molar-refractivity contribution is 8.03. The highest BCUT2D eigenvalue weighted by Crippen LogP contribution is 2.37. The largest absolute Gasteiger partial charge is 0.349 e. The predicted octanol–water partition coefficient (Wildman–Crippen LogP) is 5.62. The summed E-state index contributed by atoms with van der Waals surface area (Å²) in [6.45, 7) is 11.5. The molecule has 0 spiro atoms. The predicted molar refractivity (Wildman–Crippen MR) is 108 cm³/mol. The number of nitrogens with zero attached hydrogens (tertiary/aromatic N) is 2. The minimum atomic E-state index is -0.0246. The Kier molecular flexibility index (Phi) is 7.76. The summed E-state index contributed by atoms with van der Waals surface area (Å²) in [5, 5.41) is 4.04. The second kappa shape index (κ2) is 9.81. The lowest BCUT2D eigenvalue weighted by Crippen LogP contribution is -2.29. The van der Waals surface area contributed by atoms with Crippen molar-refractivity contribution in [2.24, 2.45) is 11.8 Å². The number of carbonyl (C=O) groups is 1. The van der Waals surface area contributed by atoms with Gasteiger partial charge in [-0.15, -0.1) is 0 Å². The van der Waals surface area contributed by atoms with Gasteiger partial charge in [-0.25, -0.2) is 0 Å². The lowest BCUT2D eigenvalue weighted by Gasteiger charge is -2.17. The highest BCUT2D eigenvalue weighted by atomic mass is 32.2. The number of hydrogen-bond donors (Lipinski definition) is 0. The Morgan fingerprint density at radius 3 is 2.38 bits per heavy atom. The highest BCUT2D eigenvalue weighted by Gasteiger charge is 2.37. The maximum Gasteiger partial charge on any atom is 0.293 e. The zero-order chi connectivity index (χ0) is 19.1. The Bertz CT molecular complexity index is 687. The summed E-state index contributed by atoms with van der Waals surface area (Å²) in [7, 11) is 0. The molecule has 1 aliphatic heterocycles. The summed E-state index contributed by atoms with van der Waals surface area (Å²) >= 11 is 1.54. The third kappa shape index (κ3) is 4.50. The Morgan fingerprint density at radius 2 is 1.85 bits per heavy atom. The zero-order valence-electron chi connectivity index (χ0n) is 16.5. The quantitative estimate of drug-likeness (QED) is 0.390. The van der Waals surface area contributed by atoms with Crippen molar-refractivity contribution < 1.29 is 9.32 Å². The van der Waals surface area contributed by atoms with E-state index in [1.807, 2.05) is 57.7 Å². The number of aromatic nitrogens is 1. The first-order valence-electron chi connectivity index (χ1n) is 9.51. The molecule has 2 aliphatic rings. The first kappa shape index (κ1) is 20.6. The van der Waals surface area contributed by atoms with Gasteiger partial charge >= 0.3 is 0 Å². The van der Waals surface area contributed by atoms with E-state index in [4.69, 9.17) is 4.52 Å². The summed E-state index contributed by atoms with van der Waals surface area (Å²) in [4.78, 5) is 16.8. The Labute approximate surface area is 161 Å². The van der Waals surface area contributed by atoms with Gasteiger partial charge in [0.15, 0.2) is 0 Å². The van der Waals surface area contributed by atoms with E-state index in [1.54, 1.807) is 11.8 Å². The molecule has 26 heavy (non-hydrogen) atoms. The molecule has 0 N–H and O–H groups in total. The average molecular weight is 375 g/mol. The topological polar surface area (TPSA) is 46.3 Å². The summed E-state index contributed by atoms with van der Waals surface area (Å²) in [6.07, 6.45) is 12.7. The number of thioether (sulfide) groups is 1. The fraction of sp³-hybridized carbons (Fsp3) is 0.524. The number of allylic oxidation sites excluding steroid dienone is 5. The van der Waals surface area contributed by atoms with Crippen LogP contribution in [-0.2, 0) is 0 Å². The third-order valence-corrected chi connectivity index (χ3v) is 6.04. The van der Waals surface area contributed by atoms with E-state index in [2.05, 4.69) is 17.3 Å². The van der Waals surface area contributed by atoms with Crippen molar-refractivity contribution in [1.29, 1.82) is 0 Å². The van der Waals surface area contributed by atoms with Crippen LogP contribution in [0.3, 0.4) is 0 Å². The maximum absolute atomic E-state index is 13.0. The minimum absolute atomic E-state index is 0.0246. The van der Waals surface area contributed by atoms with Crippen molar-refractivity contribution in [3.8, 4) is 0 Å². The molecule has 5 heteroatoms. The molecule has 0 saturated carbocycles. The van der Waals surface area contributed by atoms with Crippen LogP contribution < -0.4 is 0 Å². The van der Waals surface area contributed by atoms with Crippen LogP contribution in [0.5, 0.6) is 0 Å². The smallest absolute Gasteiger partial charge is 0.293 e. The summed E-state index contributed by atoms with van der Waals surface area (Å²) in [5.41, 5.74) is 0.769. The first-order valence-corrected chi connectivity index (χ1v) is 10.3. The van der Waals surface area contributed by atoms with Gasteiger partial charge in [0.05, 0.1) is 10.6 Å². The lowest BCUT2D eigenvalue weighted by molar-refractivity contribution is 0.0738. The van der Waals surface area contributed by atoms with Crippen molar-refractivity contribution in [2.45, 2.75) is 52.4 Å². The molecule has 1 saturated heterocycles. The fourth-order valence-corrected chi connectivity index (χ4v) is 4.37. The molecule has 1 aromatic heterocycles. The third-order valence-electron chi connectivity index (χ3n) is 4.75. The molecule has 3 rings (SSSR count). The number of hydrogen-bond acceptors (Lipinski definition) is 4. The number of fused-ring (bicyclic) bond motifs is 1. The van der Waals surface area contributed by atoms with Gasteiger partial charge in [-0.05, 0) is 45.4 Å². The molecule has 2 heterocycles. The van der Waals surface area contributed by atoms with Crippen LogP contribution >= 0.6 is 11.8 Å². The molecule has 2 atom stereocenters. The molecule has 1 fully saturated rings. The van der Waals surface area contributed by atoms with Crippen LogP contribution in [0.1, 0.15) is 56.8 Å². The SMILES string of the molecule is C/C=C\C(=C/C)Sc1c(C)noc1C(=O)N1CC2CC=CCC2C1.CC. The van der Waals surface area contributed by atoms with Crippen molar-refractivity contribution >= 4 is 17.7 Å². The molecule has 0 bridgehead atoms. The second-order valence-electron chi connectivity index (χ2n) is 6.39. The van der Waals surface area contributed by atoms with E-state index in [1.165, 1.54) is 0 Å². The lowest BCUT2D eigenvalue weighted by atomic mass is 9.86. The van der Waals surface area contributed by atoms with Crippen molar-refractivity contribution in [3.05, 3.63) is 46.7 Å². The van der Waals surface area contributed by atoms with Gasteiger partial charge in [0.1, 0.15) is 0 Å². The molecular weight excluding hydrogens is 344 g/mol. The van der Waals surface area contributed by atoms with E-state index >= 15 is 0 Å². The molecule has 1 aromatic rings. The molecule has 1 amide bonds. The van der Waals surface area contributed by atoms with Gasteiger partial charge in [-0.1, -0.05) is 61.1 Å². The normalized spacial score (nSPS) is 22.3. The Hall–Kier alpha value is -1.75. The monoisotopic (exact) mass is 374 g/mol. The summed E-state index contributed by atoms with van der Waals surface area (Å²) in [6, 6.07) is 0. The Morgan fingerprint density at radius 1 is 1.23 bits per heavy atom. The van der Waals surface area contributed by atoms with Gasteiger partial charge in [0, 0.05) is 18.0 Å². The molecular formula is C21H30N2O2S. The first-order chi connectivity index (χ1) is 12.6. The van der Waals surface area contributed by atoms with Crippen LogP contribution in [0.2, 0.25) is 0 Å². The van der Waals surface area contributed by atoms with Gasteiger partial charge in [-0.3, -0.25) is 4.79 Å². The number of rotatable bonds is 4. The molecule has 4 nitrogen and oxygen atoms in total. The number of likely N-dealkylation sites (tertiary alicyclic amines) is 1. The van der Waals surface area contributed by atoms with Crippen molar-refractivity contribution in [1.82, 2.24) is 10.1 Å². The molecule has 1 aliphatic carbocycles. The van der Waals surface area contributed by atoms with E-state index in [0.29, 0.717) is 17.6 Å². The van der Waals surface area contributed by atoms with E-state index in [0.717, 1.165) is 41.4 Å². The van der Waals surface area contributed by atoms with Gasteiger partial charge in [0.25, 0.3) is 5.91 Å². The van der Waals surface area contributed by atoms with Gasteiger partial charge < -0.3 is 9.42 Å². The number of aryl methyl sites for hydroxylation is 1. The van der Waals surface area contributed by atoms with Crippen molar-refractivity contribution in [2.75, 3.05) is 13.1 Å². The standard InChI is InChI=1S/C19H24N2O2S.C2H6/c1-4-8-16(5-2)24-18-13(3)20-23-17(18)19(22)21-11-14-9-6-7-10-15(14)12-21;1-2/h4-8,14-15H,9-12H2,1-3H3;1-2H3/b8-4-,16-5+;. The average Bonchev–Trinajstić information content (AvgIpc) is 3.26. The van der Waals surface area contributed by atoms with Gasteiger partial charge in [0.2, 0.25) is 5.76 Å². The molecule has 142 valence electrons. The van der Waals surface area contributed by atoms with E-state index < -0.39 is 0 Å². The number of carbonyl (C=O) groups excluding carboxylic acids is 1. The fourth-order valence-electron chi connectivity index (χ4n) is 3.41. The van der Waals surface area contributed by atoms with E-state index in [-0.39, 0.29) is 5.91 Å². The zero-order valence-corrected chi connectivity index (χ0v) is 17.3. The van der Waals surface area contributed by atoms with E-state index in [9.17, 15) is 4.79 Å². The van der Waals surface area contributed by atoms with Gasteiger partial charge in [-0.2, -0.15) is 0 Å². The molecule has 2 unspecified atom stereocenters. The van der Waals surface area contributed by atoms with Crippen LogP contribution in [0, 0.1) is 18.8 Å². The van der Waals surface area contributed by atoms with Crippen molar-refractivity contribution in [3.63, 3.8) is 0 Å². The second-order valence-corrected chi connectivity index (χ2v) is 7.48. The number of amides is 1. The van der Waals surface area contributed by atoms with Crippen LogP contribution in [0.25, 0.3) is 0 Å². The summed E-state index contributed by atoms with van der Waals surface area (Å²) < 4.78 is 5.42. The van der Waals surface area contributed by atoms with Crippen LogP contribution in [0.4, 0.5) is 0 Å². The minimum Gasteiger partial charge on any atom is -0.349 e. The molecule has 0 aromatic carbocycles.